The lowest BCUT2D eigenvalue weighted by Gasteiger charge is -2.44. The van der Waals surface area contributed by atoms with E-state index in [1.54, 1.807) is 0 Å². The van der Waals surface area contributed by atoms with Crippen LogP contribution >= 0.6 is 11.8 Å². The smallest absolute Gasteiger partial charge is 0.303 e. The van der Waals surface area contributed by atoms with Crippen molar-refractivity contribution in [2.24, 2.45) is 0 Å². The lowest BCUT2D eigenvalue weighted by molar-refractivity contribution is -0.185. The van der Waals surface area contributed by atoms with E-state index in [9.17, 15) is 24.0 Å². The first-order chi connectivity index (χ1) is 13.0. The summed E-state index contributed by atoms with van der Waals surface area (Å²) in [6.45, 7) is 4.52. The van der Waals surface area contributed by atoms with Crippen LogP contribution in [-0.4, -0.2) is 70.4 Å². The molecule has 0 amide bonds. The van der Waals surface area contributed by atoms with E-state index in [1.165, 1.54) is 6.92 Å². The van der Waals surface area contributed by atoms with Crippen molar-refractivity contribution in [3.05, 3.63) is 0 Å². The third-order valence-corrected chi connectivity index (χ3v) is 5.34. The zero-order chi connectivity index (χ0) is 21.4. The molecule has 1 heterocycles. The zero-order valence-electron chi connectivity index (χ0n) is 16.0. The van der Waals surface area contributed by atoms with Gasteiger partial charge in [0.25, 0.3) is 0 Å². The van der Waals surface area contributed by atoms with Crippen molar-refractivity contribution in [2.45, 2.75) is 69.3 Å². The van der Waals surface area contributed by atoms with Gasteiger partial charge in [-0.1, -0.05) is 0 Å². The van der Waals surface area contributed by atoms with Crippen molar-refractivity contribution >= 4 is 41.6 Å². The highest BCUT2D eigenvalue weighted by atomic mass is 32.2. The molecule has 1 N–H and O–H groups in total. The van der Waals surface area contributed by atoms with Crippen LogP contribution in [0.25, 0.3) is 0 Å². The molecule has 0 aromatic heterocycles. The van der Waals surface area contributed by atoms with Gasteiger partial charge < -0.3 is 24.1 Å². The Hall–Kier alpha value is -2.30. The fourth-order valence-electron chi connectivity index (χ4n) is 2.82. The van der Waals surface area contributed by atoms with Gasteiger partial charge >= 0.3 is 29.8 Å². The summed E-state index contributed by atoms with van der Waals surface area (Å²) in [7, 11) is 0. The maximum absolute atomic E-state index is 11.6. The molecule has 158 valence electrons. The second-order valence-electron chi connectivity index (χ2n) is 6.17. The van der Waals surface area contributed by atoms with Crippen LogP contribution in [0.2, 0.25) is 0 Å². The molecule has 0 aromatic rings. The fraction of sp³-hybridized carbons (Fsp3) is 0.706. The lowest BCUT2D eigenvalue weighted by Crippen LogP contribution is -2.58. The number of carbonyl (C=O) groups is 5. The zero-order valence-corrected chi connectivity index (χ0v) is 16.9. The van der Waals surface area contributed by atoms with E-state index in [0.29, 0.717) is 0 Å². The average molecular weight is 420 g/mol. The molecule has 0 saturated carbocycles. The molecule has 11 heteroatoms. The topological polar surface area (TPSA) is 143 Å². The van der Waals surface area contributed by atoms with Crippen LogP contribution in [-0.2, 0) is 42.9 Å². The van der Waals surface area contributed by atoms with Gasteiger partial charge in [-0.05, 0) is 6.42 Å². The minimum absolute atomic E-state index is 0.0963. The first-order valence-corrected chi connectivity index (χ1v) is 9.47. The maximum atomic E-state index is 11.6. The van der Waals surface area contributed by atoms with Crippen molar-refractivity contribution in [3.63, 3.8) is 0 Å². The standard InChI is InChI=1S/C17H24O10S/c1-8(18)24-7-13-16(26-10(3)20)17(27-11(4)21)15(25-9(2)19)12(28-13)5-6-14(22)23/h12-13,15-17H,5-7H2,1-4H3,(H,22,23)/t12?,13-,15-,16-,17-/m1/s1. The summed E-state index contributed by atoms with van der Waals surface area (Å²) in [4.78, 5) is 57.0. The molecule has 1 aliphatic heterocycles. The summed E-state index contributed by atoms with van der Waals surface area (Å²) in [5.74, 6) is -3.64. The lowest BCUT2D eigenvalue weighted by atomic mass is 9.97. The van der Waals surface area contributed by atoms with Crippen LogP contribution in [0.15, 0.2) is 0 Å². The van der Waals surface area contributed by atoms with Crippen molar-refractivity contribution in [1.29, 1.82) is 0 Å². The molecule has 5 atom stereocenters. The summed E-state index contributed by atoms with van der Waals surface area (Å²) in [5, 5.41) is 7.76. The van der Waals surface area contributed by atoms with E-state index < -0.39 is 58.7 Å². The Bertz CT molecular complexity index is 575. The summed E-state index contributed by atoms with van der Waals surface area (Å²) in [6.07, 6.45) is -3.40. The number of ether oxygens (including phenoxy) is 4. The van der Waals surface area contributed by atoms with E-state index in [0.717, 1.165) is 32.5 Å². The van der Waals surface area contributed by atoms with E-state index >= 15 is 0 Å². The van der Waals surface area contributed by atoms with Crippen LogP contribution in [0.3, 0.4) is 0 Å². The number of esters is 4. The Morgan fingerprint density at radius 2 is 1.21 bits per heavy atom. The van der Waals surface area contributed by atoms with Crippen molar-refractivity contribution in [3.8, 4) is 0 Å². The van der Waals surface area contributed by atoms with E-state index in [1.807, 2.05) is 0 Å². The third-order valence-electron chi connectivity index (χ3n) is 3.73. The number of hydrogen-bond donors (Lipinski definition) is 1. The quantitative estimate of drug-likeness (QED) is 0.438. The second kappa shape index (κ2) is 10.9. The number of aliphatic carboxylic acids is 1. The molecule has 1 rings (SSSR count). The van der Waals surface area contributed by atoms with Gasteiger partial charge in [0.2, 0.25) is 0 Å². The average Bonchev–Trinajstić information content (AvgIpc) is 2.54. The van der Waals surface area contributed by atoms with Crippen LogP contribution < -0.4 is 0 Å². The number of carboxylic acids is 1. The normalized spacial score (nSPS) is 26.6. The van der Waals surface area contributed by atoms with E-state index in [2.05, 4.69) is 0 Å². The fourth-order valence-corrected chi connectivity index (χ4v) is 4.40. The minimum Gasteiger partial charge on any atom is -0.481 e. The number of hydrogen-bond acceptors (Lipinski definition) is 10. The summed E-state index contributed by atoms with van der Waals surface area (Å²) >= 11 is 1.16. The highest BCUT2D eigenvalue weighted by Crippen LogP contribution is 2.40. The van der Waals surface area contributed by atoms with Crippen LogP contribution in [0, 0.1) is 0 Å². The second-order valence-corrected chi connectivity index (χ2v) is 7.65. The van der Waals surface area contributed by atoms with Crippen molar-refractivity contribution in [2.75, 3.05) is 6.61 Å². The number of thioether (sulfide) groups is 1. The molecular formula is C17H24O10S. The molecule has 28 heavy (non-hydrogen) atoms. The molecule has 1 saturated heterocycles. The van der Waals surface area contributed by atoms with Crippen molar-refractivity contribution in [1.82, 2.24) is 0 Å². The van der Waals surface area contributed by atoms with Gasteiger partial charge in [0.1, 0.15) is 6.61 Å². The van der Waals surface area contributed by atoms with Crippen LogP contribution in [0.4, 0.5) is 0 Å². The first-order valence-electron chi connectivity index (χ1n) is 8.53. The Morgan fingerprint density at radius 3 is 1.64 bits per heavy atom. The molecule has 0 bridgehead atoms. The number of carboxylic acid groups (broad SMARTS) is 1. The van der Waals surface area contributed by atoms with Gasteiger partial charge in [-0.15, -0.1) is 11.8 Å². The largest absolute Gasteiger partial charge is 0.481 e. The molecule has 0 spiro atoms. The number of rotatable bonds is 8. The Balaban J connectivity index is 3.26. The molecule has 0 radical (unpaired) electrons. The van der Waals surface area contributed by atoms with Gasteiger partial charge in [0.15, 0.2) is 18.3 Å². The van der Waals surface area contributed by atoms with Crippen molar-refractivity contribution < 1.29 is 48.0 Å². The molecule has 0 aromatic carbocycles. The van der Waals surface area contributed by atoms with Crippen LogP contribution in [0.5, 0.6) is 0 Å². The maximum Gasteiger partial charge on any atom is 0.303 e. The van der Waals surface area contributed by atoms with Gasteiger partial charge in [0.05, 0.1) is 5.25 Å². The van der Waals surface area contributed by atoms with E-state index in [4.69, 9.17) is 24.1 Å². The van der Waals surface area contributed by atoms with E-state index in [-0.39, 0.29) is 19.4 Å². The molecule has 0 aliphatic carbocycles. The van der Waals surface area contributed by atoms with Gasteiger partial charge in [-0.25, -0.2) is 0 Å². The molecule has 1 aliphatic rings. The molecule has 1 unspecified atom stereocenters. The Kier molecular flexibility index (Phi) is 9.23. The summed E-state index contributed by atoms with van der Waals surface area (Å²) in [6, 6.07) is 0. The highest BCUT2D eigenvalue weighted by molar-refractivity contribution is 8.00. The highest BCUT2D eigenvalue weighted by Gasteiger charge is 2.51. The summed E-state index contributed by atoms with van der Waals surface area (Å²) in [5.41, 5.74) is 0. The predicted molar refractivity (Wildman–Crippen MR) is 95.3 cm³/mol. The van der Waals surface area contributed by atoms with Gasteiger partial charge in [-0.3, -0.25) is 24.0 Å². The Morgan fingerprint density at radius 1 is 0.750 bits per heavy atom. The monoisotopic (exact) mass is 420 g/mol. The predicted octanol–water partition coefficient (Wildman–Crippen LogP) is 0.693. The third kappa shape index (κ3) is 7.75. The number of carbonyl (C=O) groups excluding carboxylic acids is 4. The van der Waals surface area contributed by atoms with Gasteiger partial charge in [0, 0.05) is 39.4 Å². The Labute approximate surface area is 166 Å². The minimum atomic E-state index is -1.18. The van der Waals surface area contributed by atoms with Gasteiger partial charge in [-0.2, -0.15) is 0 Å². The molecule has 10 nitrogen and oxygen atoms in total. The molecular weight excluding hydrogens is 396 g/mol. The first kappa shape index (κ1) is 23.7. The van der Waals surface area contributed by atoms with Crippen LogP contribution in [0.1, 0.15) is 40.5 Å². The SMILES string of the molecule is CC(=O)OC[C@H]1SC(CCC(=O)O)[C@@H](OC(C)=O)[C@@H](OC(C)=O)[C@@H]1OC(C)=O. The molecule has 1 fully saturated rings. The summed E-state index contributed by atoms with van der Waals surface area (Å²) < 4.78 is 20.9.